The summed E-state index contributed by atoms with van der Waals surface area (Å²) in [5.74, 6) is 0.182. The third-order valence-corrected chi connectivity index (χ3v) is 7.79. The molecule has 2 saturated carbocycles. The van der Waals surface area contributed by atoms with E-state index in [9.17, 15) is 14.4 Å². The highest BCUT2D eigenvalue weighted by Crippen LogP contribution is 2.48. The largest absolute Gasteiger partial charge is 0.481 e. The lowest BCUT2D eigenvalue weighted by atomic mass is 9.98. The Morgan fingerprint density at radius 3 is 2.11 bits per heavy atom. The van der Waals surface area contributed by atoms with Gasteiger partial charge in [0.05, 0.1) is 0 Å². The molecule has 3 atom stereocenters. The number of hydrogen-bond donors (Lipinski definition) is 3. The number of fused-ring (bicyclic) bond motifs is 4. The number of amides is 2. The van der Waals surface area contributed by atoms with E-state index in [1.165, 1.54) is 6.42 Å². The summed E-state index contributed by atoms with van der Waals surface area (Å²) >= 11 is 0. The van der Waals surface area contributed by atoms with Crippen LogP contribution in [0.1, 0.15) is 62.0 Å². The Hall–Kier alpha value is -3.35. The molecule has 2 amide bonds. The standard InChI is InChI=1S/C28H32N2O5/c31-26(32)14-13-25(27(33)29-19-11-9-17-15-18(17)10-12-19)30-28(34)35-16-24-22-7-3-1-5-20(22)21-6-2-4-8-23(21)24/h1-8,17-19,24-25H,9-16H2,(H,29,33)(H,30,34)(H,31,32). The normalized spacial score (nSPS) is 23.1. The minimum Gasteiger partial charge on any atom is -0.481 e. The van der Waals surface area contributed by atoms with E-state index in [1.54, 1.807) is 0 Å². The zero-order valence-electron chi connectivity index (χ0n) is 19.7. The third kappa shape index (κ3) is 5.34. The summed E-state index contributed by atoms with van der Waals surface area (Å²) in [5.41, 5.74) is 4.48. The van der Waals surface area contributed by atoms with Crippen molar-refractivity contribution in [2.45, 2.75) is 62.9 Å². The molecular formula is C28H32N2O5. The van der Waals surface area contributed by atoms with Crippen LogP contribution in [0.4, 0.5) is 4.79 Å². The SMILES string of the molecule is O=C(O)CCC(NC(=O)OCC1c2ccccc2-c2ccccc21)C(=O)NC1CCC2CC2CC1. The van der Waals surface area contributed by atoms with Crippen molar-refractivity contribution in [3.05, 3.63) is 59.7 Å². The Labute approximate surface area is 205 Å². The Morgan fingerprint density at radius 2 is 1.51 bits per heavy atom. The maximum absolute atomic E-state index is 13.0. The maximum Gasteiger partial charge on any atom is 0.407 e. The summed E-state index contributed by atoms with van der Waals surface area (Å²) in [6.45, 7) is 0.137. The number of benzene rings is 2. The van der Waals surface area contributed by atoms with E-state index in [2.05, 4.69) is 22.8 Å². The molecule has 2 aromatic carbocycles. The molecule has 0 saturated heterocycles. The van der Waals surface area contributed by atoms with Gasteiger partial charge in [0.15, 0.2) is 0 Å². The molecule has 2 fully saturated rings. The fourth-order valence-corrected chi connectivity index (χ4v) is 5.76. The summed E-state index contributed by atoms with van der Waals surface area (Å²) in [6.07, 6.45) is 4.52. The molecule has 3 aliphatic carbocycles. The van der Waals surface area contributed by atoms with Gasteiger partial charge in [0.1, 0.15) is 12.6 Å². The van der Waals surface area contributed by atoms with Gasteiger partial charge < -0.3 is 20.5 Å². The molecule has 0 radical (unpaired) electrons. The van der Waals surface area contributed by atoms with Crippen LogP contribution in [0.3, 0.4) is 0 Å². The number of rotatable bonds is 8. The predicted molar refractivity (Wildman–Crippen MR) is 131 cm³/mol. The van der Waals surface area contributed by atoms with Crippen LogP contribution in [-0.4, -0.2) is 41.8 Å². The molecular weight excluding hydrogens is 444 g/mol. The first-order valence-electron chi connectivity index (χ1n) is 12.6. The second-order valence-electron chi connectivity index (χ2n) is 10.1. The lowest BCUT2D eigenvalue weighted by molar-refractivity contribution is -0.137. The fourth-order valence-electron chi connectivity index (χ4n) is 5.76. The minimum atomic E-state index is -1.01. The van der Waals surface area contributed by atoms with Crippen molar-refractivity contribution < 1.29 is 24.2 Å². The van der Waals surface area contributed by atoms with Crippen LogP contribution < -0.4 is 10.6 Å². The van der Waals surface area contributed by atoms with E-state index in [0.717, 1.165) is 59.8 Å². The molecule has 3 N–H and O–H groups in total. The summed E-state index contributed by atoms with van der Waals surface area (Å²) < 4.78 is 5.58. The second kappa shape index (κ2) is 10.1. The zero-order valence-corrected chi connectivity index (χ0v) is 19.7. The van der Waals surface area contributed by atoms with Crippen molar-refractivity contribution in [3.63, 3.8) is 0 Å². The number of carboxylic acid groups (broad SMARTS) is 1. The molecule has 35 heavy (non-hydrogen) atoms. The van der Waals surface area contributed by atoms with E-state index in [0.29, 0.717) is 0 Å². The van der Waals surface area contributed by atoms with Crippen molar-refractivity contribution in [1.82, 2.24) is 10.6 Å². The molecule has 3 unspecified atom stereocenters. The molecule has 2 aromatic rings. The Balaban J connectivity index is 1.20. The van der Waals surface area contributed by atoms with E-state index < -0.39 is 18.1 Å². The van der Waals surface area contributed by atoms with Gasteiger partial charge in [-0.2, -0.15) is 0 Å². The van der Waals surface area contributed by atoms with Gasteiger partial charge in [-0.15, -0.1) is 0 Å². The highest BCUT2D eigenvalue weighted by Gasteiger charge is 2.39. The molecule has 7 heteroatoms. The van der Waals surface area contributed by atoms with Crippen molar-refractivity contribution in [2.75, 3.05) is 6.61 Å². The average molecular weight is 477 g/mol. The van der Waals surface area contributed by atoms with Gasteiger partial charge in [0, 0.05) is 18.4 Å². The topological polar surface area (TPSA) is 105 Å². The summed E-state index contributed by atoms with van der Waals surface area (Å²) in [4.78, 5) is 36.8. The lowest BCUT2D eigenvalue weighted by Gasteiger charge is -2.23. The summed E-state index contributed by atoms with van der Waals surface area (Å²) in [5, 5.41) is 14.8. The number of carbonyl (C=O) groups is 3. The first-order valence-corrected chi connectivity index (χ1v) is 12.6. The molecule has 0 bridgehead atoms. The van der Waals surface area contributed by atoms with Gasteiger partial charge in [-0.05, 0) is 72.6 Å². The van der Waals surface area contributed by atoms with Crippen LogP contribution in [0.2, 0.25) is 0 Å². The van der Waals surface area contributed by atoms with Crippen molar-refractivity contribution in [1.29, 1.82) is 0 Å². The van der Waals surface area contributed by atoms with E-state index in [-0.39, 0.29) is 37.3 Å². The number of alkyl carbamates (subject to hydrolysis) is 1. The van der Waals surface area contributed by atoms with Gasteiger partial charge in [0.2, 0.25) is 5.91 Å². The highest BCUT2D eigenvalue weighted by atomic mass is 16.5. The lowest BCUT2D eigenvalue weighted by Crippen LogP contribution is -2.50. The smallest absolute Gasteiger partial charge is 0.407 e. The Kier molecular flexibility index (Phi) is 6.75. The van der Waals surface area contributed by atoms with Crippen LogP contribution in [0.15, 0.2) is 48.5 Å². The molecule has 5 rings (SSSR count). The molecule has 0 heterocycles. The quantitative estimate of drug-likeness (QED) is 0.522. The van der Waals surface area contributed by atoms with Gasteiger partial charge >= 0.3 is 12.1 Å². The zero-order chi connectivity index (χ0) is 24.4. The first kappa shape index (κ1) is 23.4. The number of nitrogens with one attached hydrogen (secondary N) is 2. The van der Waals surface area contributed by atoms with Crippen molar-refractivity contribution >= 4 is 18.0 Å². The molecule has 0 aromatic heterocycles. The van der Waals surface area contributed by atoms with Gasteiger partial charge in [-0.1, -0.05) is 48.5 Å². The van der Waals surface area contributed by atoms with Crippen LogP contribution in [-0.2, 0) is 14.3 Å². The van der Waals surface area contributed by atoms with Gasteiger partial charge in [-0.25, -0.2) is 4.79 Å². The third-order valence-electron chi connectivity index (χ3n) is 7.79. The van der Waals surface area contributed by atoms with Crippen LogP contribution >= 0.6 is 0 Å². The fraction of sp³-hybridized carbons (Fsp3) is 0.464. The molecule has 184 valence electrons. The highest BCUT2D eigenvalue weighted by molar-refractivity contribution is 5.86. The van der Waals surface area contributed by atoms with Crippen molar-refractivity contribution in [3.8, 4) is 11.1 Å². The summed E-state index contributed by atoms with van der Waals surface area (Å²) in [7, 11) is 0. The Morgan fingerprint density at radius 1 is 0.914 bits per heavy atom. The average Bonchev–Trinajstić information content (AvgIpc) is 3.57. The number of ether oxygens (including phenoxy) is 1. The number of carbonyl (C=O) groups excluding carboxylic acids is 2. The van der Waals surface area contributed by atoms with Gasteiger partial charge in [-0.3, -0.25) is 9.59 Å². The molecule has 0 aliphatic heterocycles. The molecule has 0 spiro atoms. The number of carboxylic acids is 1. The second-order valence-corrected chi connectivity index (χ2v) is 10.1. The van der Waals surface area contributed by atoms with Crippen LogP contribution in [0.5, 0.6) is 0 Å². The molecule has 3 aliphatic rings. The number of hydrogen-bond acceptors (Lipinski definition) is 4. The molecule has 7 nitrogen and oxygen atoms in total. The monoisotopic (exact) mass is 476 g/mol. The van der Waals surface area contributed by atoms with Crippen LogP contribution in [0.25, 0.3) is 11.1 Å². The Bertz CT molecular complexity index is 1060. The van der Waals surface area contributed by atoms with E-state index >= 15 is 0 Å². The minimum absolute atomic E-state index is 0.0172. The van der Waals surface area contributed by atoms with Crippen molar-refractivity contribution in [2.24, 2.45) is 11.8 Å². The van der Waals surface area contributed by atoms with Crippen LogP contribution in [0, 0.1) is 11.8 Å². The predicted octanol–water partition coefficient (Wildman–Crippen LogP) is 4.45. The van der Waals surface area contributed by atoms with Gasteiger partial charge in [0.25, 0.3) is 0 Å². The first-order chi connectivity index (χ1) is 17.0. The number of aliphatic carboxylic acids is 1. The van der Waals surface area contributed by atoms with E-state index in [1.807, 2.05) is 36.4 Å². The maximum atomic E-state index is 13.0. The van der Waals surface area contributed by atoms with E-state index in [4.69, 9.17) is 9.84 Å². The summed E-state index contributed by atoms with van der Waals surface area (Å²) in [6, 6.07) is 15.3.